The van der Waals surface area contributed by atoms with Crippen LogP contribution in [-0.2, 0) is 16.1 Å². The van der Waals surface area contributed by atoms with Crippen LogP contribution in [0.4, 0.5) is 5.69 Å². The van der Waals surface area contributed by atoms with Gasteiger partial charge in [-0.15, -0.1) is 0 Å². The van der Waals surface area contributed by atoms with Crippen molar-refractivity contribution in [3.05, 3.63) is 53.9 Å². The lowest BCUT2D eigenvalue weighted by Crippen LogP contribution is -2.48. The van der Waals surface area contributed by atoms with Crippen LogP contribution < -0.4 is 4.90 Å². The Labute approximate surface area is 212 Å². The highest BCUT2D eigenvalue weighted by atomic mass is 32.1. The van der Waals surface area contributed by atoms with Crippen LogP contribution in [0.5, 0.6) is 0 Å². The van der Waals surface area contributed by atoms with Crippen molar-refractivity contribution < 1.29 is 14.1 Å². The number of aldehydes is 1. The van der Waals surface area contributed by atoms with Crippen LogP contribution in [0.1, 0.15) is 11.5 Å². The number of hydrogen-bond donors (Lipinski definition) is 0. The first-order valence-corrected chi connectivity index (χ1v) is 12.8. The van der Waals surface area contributed by atoms with Crippen LogP contribution >= 0.6 is 11.7 Å². The van der Waals surface area contributed by atoms with Gasteiger partial charge in [0.1, 0.15) is 11.0 Å². The fourth-order valence-corrected chi connectivity index (χ4v) is 5.43. The molecule has 36 heavy (non-hydrogen) atoms. The Kier molecular flexibility index (Phi) is 6.45. The van der Waals surface area contributed by atoms with Crippen molar-refractivity contribution >= 4 is 34.7 Å². The average molecular weight is 506 g/mol. The number of anilines is 1. The van der Waals surface area contributed by atoms with Crippen LogP contribution in [0.3, 0.4) is 0 Å². The number of benzene rings is 2. The van der Waals surface area contributed by atoms with E-state index in [0.29, 0.717) is 18.3 Å². The largest absolute Gasteiger partial charge is 0.345 e. The topological polar surface area (TPSA) is 101 Å². The minimum Gasteiger partial charge on any atom is -0.345 e. The maximum Gasteiger partial charge on any atom is 0.223 e. The third-order valence-corrected chi connectivity index (χ3v) is 7.35. The second kappa shape index (κ2) is 10.0. The summed E-state index contributed by atoms with van der Waals surface area (Å²) in [6, 6.07) is 14.2. The number of fused-ring (bicyclic) bond motifs is 1. The first-order chi connectivity index (χ1) is 17.6. The molecule has 2 aromatic carbocycles. The molecule has 0 spiro atoms. The summed E-state index contributed by atoms with van der Waals surface area (Å²) < 4.78 is 19.8. The normalized spacial score (nSPS) is 21.4. The summed E-state index contributed by atoms with van der Waals surface area (Å²) in [5, 5.41) is 3.97. The smallest absolute Gasteiger partial charge is 0.223 e. The summed E-state index contributed by atoms with van der Waals surface area (Å²) in [4.78, 5) is 23.0. The summed E-state index contributed by atoms with van der Waals surface area (Å²) in [6.45, 7) is 8.12. The molecule has 186 valence electrons. The first-order valence-electron chi connectivity index (χ1n) is 12.1. The predicted molar refractivity (Wildman–Crippen MR) is 136 cm³/mol. The second-order valence-corrected chi connectivity index (χ2v) is 9.81. The van der Waals surface area contributed by atoms with Crippen molar-refractivity contribution in [1.82, 2.24) is 28.7 Å². The van der Waals surface area contributed by atoms with Gasteiger partial charge in [0, 0.05) is 64.0 Å². The van der Waals surface area contributed by atoms with Crippen LogP contribution in [0, 0.1) is 6.92 Å². The number of aryl methyl sites for hydroxylation is 1. The Bertz CT molecular complexity index is 1330. The Morgan fingerprint density at radius 3 is 2.56 bits per heavy atom. The number of carbonyl (C=O) groups excluding carboxylic acids is 1. The van der Waals surface area contributed by atoms with Gasteiger partial charge in [-0.1, -0.05) is 11.2 Å². The van der Waals surface area contributed by atoms with Gasteiger partial charge in [-0.25, -0.2) is 0 Å². The van der Waals surface area contributed by atoms with E-state index in [1.165, 1.54) is 17.3 Å². The molecule has 2 aliphatic heterocycles. The number of carbonyl (C=O) groups is 1. The number of aromatic nitrogens is 4. The van der Waals surface area contributed by atoms with Crippen LogP contribution in [0.2, 0.25) is 0 Å². The highest BCUT2D eigenvalue weighted by molar-refractivity contribution is 7.00. The molecule has 0 saturated carbocycles. The molecule has 4 aromatic rings. The molecule has 2 aliphatic rings. The molecular formula is C25H27N7O3S. The Morgan fingerprint density at radius 2 is 1.81 bits per heavy atom. The van der Waals surface area contributed by atoms with E-state index in [9.17, 15) is 4.79 Å². The molecule has 2 fully saturated rings. The zero-order valence-electron chi connectivity index (χ0n) is 20.0. The zero-order chi connectivity index (χ0) is 24.5. The minimum absolute atomic E-state index is 0.0224. The first kappa shape index (κ1) is 23.2. The van der Waals surface area contributed by atoms with E-state index in [4.69, 9.17) is 9.26 Å². The summed E-state index contributed by atoms with van der Waals surface area (Å²) in [6.07, 6.45) is 0.277. The number of ether oxygens (including phenoxy) is 1. The molecule has 6 rings (SSSR count). The molecule has 0 N–H and O–H groups in total. The third kappa shape index (κ3) is 4.87. The number of nitrogens with zero attached hydrogens (tertiary/aromatic N) is 7. The summed E-state index contributed by atoms with van der Waals surface area (Å²) in [7, 11) is 0. The standard InChI is InChI=1S/C25H27N7O3S/c1-17-26-25(27-35-17)19-3-5-20(6-4-19)32-15-21(34-24(32)16-33)14-31-10-8-30(9-11-31)13-18-2-7-22-23(12-18)29-36-28-22/h2-7,12,16,21,24H,8-11,13-15H2,1H3. The molecule has 4 heterocycles. The predicted octanol–water partition coefficient (Wildman–Crippen LogP) is 2.60. The van der Waals surface area contributed by atoms with E-state index in [1.54, 1.807) is 6.92 Å². The van der Waals surface area contributed by atoms with Crippen molar-refractivity contribution in [2.45, 2.75) is 25.8 Å². The van der Waals surface area contributed by atoms with Gasteiger partial charge in [0.05, 0.1) is 17.8 Å². The van der Waals surface area contributed by atoms with Crippen LogP contribution in [0.25, 0.3) is 22.4 Å². The van der Waals surface area contributed by atoms with Gasteiger partial charge in [-0.2, -0.15) is 13.7 Å². The molecular weight excluding hydrogens is 478 g/mol. The molecule has 0 radical (unpaired) electrons. The number of piperazine rings is 1. The van der Waals surface area contributed by atoms with E-state index in [2.05, 4.69) is 46.9 Å². The van der Waals surface area contributed by atoms with Crippen molar-refractivity contribution in [2.75, 3.05) is 44.2 Å². The number of hydrogen-bond acceptors (Lipinski definition) is 11. The number of rotatable bonds is 7. The summed E-state index contributed by atoms with van der Waals surface area (Å²) in [5.74, 6) is 1.09. The zero-order valence-corrected chi connectivity index (χ0v) is 20.8. The highest BCUT2D eigenvalue weighted by Crippen LogP contribution is 2.27. The molecule has 0 amide bonds. The Hall–Kier alpha value is -3.25. The lowest BCUT2D eigenvalue weighted by molar-refractivity contribution is -0.117. The van der Waals surface area contributed by atoms with Gasteiger partial charge in [0.2, 0.25) is 11.7 Å². The van der Waals surface area contributed by atoms with Gasteiger partial charge in [0.15, 0.2) is 12.5 Å². The molecule has 11 heteroatoms. The highest BCUT2D eigenvalue weighted by Gasteiger charge is 2.34. The van der Waals surface area contributed by atoms with E-state index in [0.717, 1.165) is 67.8 Å². The maximum absolute atomic E-state index is 11.8. The Morgan fingerprint density at radius 1 is 1.03 bits per heavy atom. The van der Waals surface area contributed by atoms with Gasteiger partial charge in [0.25, 0.3) is 0 Å². The average Bonchev–Trinajstić information content (AvgIpc) is 3.65. The molecule has 2 atom stereocenters. The van der Waals surface area contributed by atoms with Gasteiger partial charge >= 0.3 is 0 Å². The summed E-state index contributed by atoms with van der Waals surface area (Å²) in [5.41, 5.74) is 5.02. The lowest BCUT2D eigenvalue weighted by Gasteiger charge is -2.35. The second-order valence-electron chi connectivity index (χ2n) is 9.29. The molecule has 2 saturated heterocycles. The maximum atomic E-state index is 11.8. The van der Waals surface area contributed by atoms with E-state index in [-0.39, 0.29) is 6.10 Å². The molecule has 10 nitrogen and oxygen atoms in total. The van der Waals surface area contributed by atoms with Gasteiger partial charge in [-0.3, -0.25) is 14.6 Å². The molecule has 2 aromatic heterocycles. The fourth-order valence-electron chi connectivity index (χ4n) is 4.92. The van der Waals surface area contributed by atoms with E-state index >= 15 is 0 Å². The third-order valence-electron chi connectivity index (χ3n) is 6.79. The van der Waals surface area contributed by atoms with Crippen molar-refractivity contribution in [1.29, 1.82) is 0 Å². The quantitative estimate of drug-likeness (QED) is 0.348. The van der Waals surface area contributed by atoms with Crippen LogP contribution in [0.15, 0.2) is 47.0 Å². The van der Waals surface area contributed by atoms with Crippen molar-refractivity contribution in [3.8, 4) is 11.4 Å². The molecule has 0 bridgehead atoms. The van der Waals surface area contributed by atoms with E-state index in [1.807, 2.05) is 29.2 Å². The molecule has 0 aliphatic carbocycles. The molecule has 2 unspecified atom stereocenters. The minimum atomic E-state index is -0.579. The van der Waals surface area contributed by atoms with Gasteiger partial charge < -0.3 is 14.2 Å². The summed E-state index contributed by atoms with van der Waals surface area (Å²) >= 11 is 1.26. The lowest BCUT2D eigenvalue weighted by atomic mass is 10.1. The van der Waals surface area contributed by atoms with Crippen LogP contribution in [-0.4, -0.2) is 86.6 Å². The fraction of sp³-hybridized carbons (Fsp3) is 0.400. The van der Waals surface area contributed by atoms with Gasteiger partial charge in [-0.05, 0) is 42.0 Å². The Balaban J connectivity index is 1.02. The van der Waals surface area contributed by atoms with Crippen molar-refractivity contribution in [3.63, 3.8) is 0 Å². The monoisotopic (exact) mass is 505 g/mol. The van der Waals surface area contributed by atoms with E-state index < -0.39 is 6.23 Å². The van der Waals surface area contributed by atoms with Crippen molar-refractivity contribution in [2.24, 2.45) is 0 Å². The SMILES string of the molecule is Cc1nc(-c2ccc(N3CC(CN4CCN(Cc5ccc6nsnc6c5)CC4)OC3C=O)cc2)no1.